The van der Waals surface area contributed by atoms with Crippen LogP contribution < -0.4 is 4.90 Å². The van der Waals surface area contributed by atoms with Gasteiger partial charge >= 0.3 is 0 Å². The first kappa shape index (κ1) is 18.9. The third-order valence-electron chi connectivity index (χ3n) is 6.29. The van der Waals surface area contributed by atoms with E-state index in [0.717, 1.165) is 48.2 Å². The number of carbonyl (C=O) groups is 2. The quantitative estimate of drug-likeness (QED) is 0.729. The fourth-order valence-electron chi connectivity index (χ4n) is 4.58. The molecular weight excluding hydrogens is 376 g/mol. The number of amides is 2. The highest BCUT2D eigenvalue weighted by Crippen LogP contribution is 2.27. The van der Waals surface area contributed by atoms with Crippen molar-refractivity contribution in [3.8, 4) is 0 Å². The molecule has 0 aliphatic carbocycles. The number of aromatic nitrogens is 1. The Balaban J connectivity index is 1.15. The van der Waals surface area contributed by atoms with Gasteiger partial charge in [-0.3, -0.25) is 14.5 Å². The van der Waals surface area contributed by atoms with Gasteiger partial charge in [0.1, 0.15) is 0 Å². The number of hydrogen-bond acceptors (Lipinski definition) is 3. The molecule has 2 aromatic carbocycles. The standard InChI is InChI=1S/C24H26N4O2/c29-23(15-19-16-25-21-7-3-2-6-20(19)21)27-13-11-26(12-14-27)17-24(30)28-10-9-18-5-1-4-8-22(18)28/h1-8,16,25H,9-15,17H2. The van der Waals surface area contributed by atoms with Crippen LogP contribution in [0.15, 0.2) is 54.7 Å². The first-order chi connectivity index (χ1) is 14.7. The molecule has 0 atom stereocenters. The Labute approximate surface area is 176 Å². The van der Waals surface area contributed by atoms with E-state index in [1.165, 1.54) is 5.56 Å². The van der Waals surface area contributed by atoms with Crippen molar-refractivity contribution in [2.24, 2.45) is 0 Å². The summed E-state index contributed by atoms with van der Waals surface area (Å²) in [4.78, 5) is 34.9. The Morgan fingerprint density at radius 3 is 2.50 bits per heavy atom. The molecule has 0 bridgehead atoms. The topological polar surface area (TPSA) is 59.7 Å². The minimum atomic E-state index is 0.151. The largest absolute Gasteiger partial charge is 0.361 e. The molecule has 0 spiro atoms. The maximum absolute atomic E-state index is 12.8. The normalized spacial score (nSPS) is 16.8. The van der Waals surface area contributed by atoms with Gasteiger partial charge in [0.15, 0.2) is 0 Å². The number of hydrogen-bond donors (Lipinski definition) is 1. The summed E-state index contributed by atoms with van der Waals surface area (Å²) in [6.45, 7) is 4.00. The van der Waals surface area contributed by atoms with Crippen molar-refractivity contribution in [3.63, 3.8) is 0 Å². The van der Waals surface area contributed by atoms with Crippen molar-refractivity contribution in [3.05, 3.63) is 65.9 Å². The highest BCUT2D eigenvalue weighted by Gasteiger charge is 2.28. The van der Waals surface area contributed by atoms with Crippen LogP contribution in [0.2, 0.25) is 0 Å². The molecule has 3 aromatic rings. The van der Waals surface area contributed by atoms with Crippen LogP contribution >= 0.6 is 0 Å². The molecule has 5 rings (SSSR count). The van der Waals surface area contributed by atoms with Gasteiger partial charge < -0.3 is 14.8 Å². The Morgan fingerprint density at radius 2 is 1.63 bits per heavy atom. The summed E-state index contributed by atoms with van der Waals surface area (Å²) >= 11 is 0. The van der Waals surface area contributed by atoms with Crippen LogP contribution in [0.5, 0.6) is 0 Å². The second kappa shape index (κ2) is 7.95. The van der Waals surface area contributed by atoms with E-state index in [-0.39, 0.29) is 11.8 Å². The molecule has 1 saturated heterocycles. The molecule has 6 nitrogen and oxygen atoms in total. The fraction of sp³-hybridized carbons (Fsp3) is 0.333. The number of nitrogens with one attached hydrogen (secondary N) is 1. The van der Waals surface area contributed by atoms with Crippen molar-refractivity contribution in [2.45, 2.75) is 12.8 Å². The van der Waals surface area contributed by atoms with Crippen LogP contribution in [0.4, 0.5) is 5.69 Å². The van der Waals surface area contributed by atoms with E-state index in [2.05, 4.69) is 22.0 Å². The molecule has 0 saturated carbocycles. The van der Waals surface area contributed by atoms with Crippen molar-refractivity contribution in [1.29, 1.82) is 0 Å². The van der Waals surface area contributed by atoms with E-state index in [0.29, 0.717) is 26.1 Å². The van der Waals surface area contributed by atoms with Gasteiger partial charge in [-0.1, -0.05) is 36.4 Å². The van der Waals surface area contributed by atoms with Gasteiger partial charge in [-0.15, -0.1) is 0 Å². The first-order valence-corrected chi connectivity index (χ1v) is 10.6. The fourth-order valence-corrected chi connectivity index (χ4v) is 4.58. The van der Waals surface area contributed by atoms with Crippen LogP contribution in [0.25, 0.3) is 10.9 Å². The van der Waals surface area contributed by atoms with Crippen LogP contribution in [-0.4, -0.2) is 65.9 Å². The molecule has 0 radical (unpaired) electrons. The average molecular weight is 402 g/mol. The summed E-state index contributed by atoms with van der Waals surface area (Å²) in [6.07, 6.45) is 3.27. The number of piperazine rings is 1. The molecule has 2 amide bonds. The molecule has 0 unspecified atom stereocenters. The van der Waals surface area contributed by atoms with E-state index < -0.39 is 0 Å². The van der Waals surface area contributed by atoms with Gasteiger partial charge in [0.05, 0.1) is 13.0 Å². The molecule has 6 heteroatoms. The Hall–Kier alpha value is -3.12. The lowest BCUT2D eigenvalue weighted by atomic mass is 10.1. The number of benzene rings is 2. The lowest BCUT2D eigenvalue weighted by Gasteiger charge is -2.35. The van der Waals surface area contributed by atoms with Gasteiger partial charge in [0.2, 0.25) is 11.8 Å². The van der Waals surface area contributed by atoms with Gasteiger partial charge in [-0.05, 0) is 29.7 Å². The zero-order valence-electron chi connectivity index (χ0n) is 17.0. The lowest BCUT2D eigenvalue weighted by Crippen LogP contribution is -2.51. The predicted octanol–water partition coefficient (Wildman–Crippen LogP) is 2.44. The van der Waals surface area contributed by atoms with E-state index in [1.807, 2.05) is 52.4 Å². The van der Waals surface area contributed by atoms with Crippen LogP contribution in [0.3, 0.4) is 0 Å². The number of anilines is 1. The molecule has 1 N–H and O–H groups in total. The Morgan fingerprint density at radius 1 is 0.867 bits per heavy atom. The number of rotatable bonds is 4. The monoisotopic (exact) mass is 402 g/mol. The maximum Gasteiger partial charge on any atom is 0.241 e. The Kier molecular flexibility index (Phi) is 5.01. The summed E-state index contributed by atoms with van der Waals surface area (Å²) in [5.74, 6) is 0.303. The number of aromatic amines is 1. The van der Waals surface area contributed by atoms with Crippen molar-refractivity contribution in [1.82, 2.24) is 14.8 Å². The third kappa shape index (κ3) is 3.59. The molecule has 154 valence electrons. The predicted molar refractivity (Wildman–Crippen MR) is 118 cm³/mol. The van der Waals surface area contributed by atoms with Crippen molar-refractivity contribution >= 4 is 28.4 Å². The second-order valence-corrected chi connectivity index (χ2v) is 8.12. The average Bonchev–Trinajstić information content (AvgIpc) is 3.39. The Bertz CT molecular complexity index is 1080. The number of carbonyl (C=O) groups excluding carboxylic acids is 2. The number of nitrogens with zero attached hydrogens (tertiary/aromatic N) is 3. The molecule has 3 heterocycles. The zero-order valence-corrected chi connectivity index (χ0v) is 17.0. The molecule has 1 aromatic heterocycles. The summed E-state index contributed by atoms with van der Waals surface area (Å²) in [7, 11) is 0. The molecule has 2 aliphatic heterocycles. The van der Waals surface area contributed by atoms with Crippen molar-refractivity contribution in [2.75, 3.05) is 44.2 Å². The van der Waals surface area contributed by atoms with E-state index in [1.54, 1.807) is 0 Å². The molecule has 30 heavy (non-hydrogen) atoms. The minimum absolute atomic E-state index is 0.151. The minimum Gasteiger partial charge on any atom is -0.361 e. The number of H-pyrrole nitrogens is 1. The summed E-state index contributed by atoms with van der Waals surface area (Å²) in [5.41, 5.74) is 4.40. The number of para-hydroxylation sites is 2. The van der Waals surface area contributed by atoms with Gasteiger partial charge in [0, 0.05) is 55.5 Å². The molecular formula is C24H26N4O2. The van der Waals surface area contributed by atoms with Crippen LogP contribution in [-0.2, 0) is 22.4 Å². The molecule has 1 fully saturated rings. The summed E-state index contributed by atoms with van der Waals surface area (Å²) < 4.78 is 0. The van der Waals surface area contributed by atoms with Crippen LogP contribution in [0.1, 0.15) is 11.1 Å². The highest BCUT2D eigenvalue weighted by molar-refractivity contribution is 5.96. The maximum atomic E-state index is 12.8. The van der Waals surface area contributed by atoms with Gasteiger partial charge in [0.25, 0.3) is 0 Å². The van der Waals surface area contributed by atoms with E-state index >= 15 is 0 Å². The van der Waals surface area contributed by atoms with Gasteiger partial charge in [-0.25, -0.2) is 0 Å². The van der Waals surface area contributed by atoms with Crippen LogP contribution in [0, 0.1) is 0 Å². The highest BCUT2D eigenvalue weighted by atomic mass is 16.2. The number of fused-ring (bicyclic) bond motifs is 2. The first-order valence-electron chi connectivity index (χ1n) is 10.6. The van der Waals surface area contributed by atoms with Gasteiger partial charge in [-0.2, -0.15) is 0 Å². The summed E-state index contributed by atoms with van der Waals surface area (Å²) in [6, 6.07) is 16.2. The summed E-state index contributed by atoms with van der Waals surface area (Å²) in [5, 5.41) is 1.11. The van der Waals surface area contributed by atoms with E-state index in [4.69, 9.17) is 0 Å². The third-order valence-corrected chi connectivity index (χ3v) is 6.29. The SMILES string of the molecule is O=C(Cc1c[nH]c2ccccc12)N1CCN(CC(=O)N2CCc3ccccc32)CC1. The van der Waals surface area contributed by atoms with Crippen molar-refractivity contribution < 1.29 is 9.59 Å². The van der Waals surface area contributed by atoms with E-state index in [9.17, 15) is 9.59 Å². The molecule has 2 aliphatic rings. The second-order valence-electron chi connectivity index (χ2n) is 8.12. The smallest absolute Gasteiger partial charge is 0.241 e. The lowest BCUT2D eigenvalue weighted by molar-refractivity contribution is -0.132. The zero-order chi connectivity index (χ0) is 20.5.